The molecule has 3 aromatic heterocycles. The maximum atomic E-state index is 15.2. The van der Waals surface area contributed by atoms with Gasteiger partial charge in [0.05, 0.1) is 41.2 Å². The number of nitrogens with zero attached hydrogens (tertiary/aromatic N) is 5. The molecule has 4 aromatic rings. The number of imidazole rings is 1. The van der Waals surface area contributed by atoms with Crippen LogP contribution in [0.3, 0.4) is 0 Å². The molecule has 1 amide bonds. The minimum Gasteiger partial charge on any atom is -0.491 e. The van der Waals surface area contributed by atoms with Crippen molar-refractivity contribution in [3.05, 3.63) is 59.1 Å². The Balaban J connectivity index is 1.67. The summed E-state index contributed by atoms with van der Waals surface area (Å²) < 4.78 is 29.7. The summed E-state index contributed by atoms with van der Waals surface area (Å²) in [5, 5.41) is 29.2. The lowest BCUT2D eigenvalue weighted by Crippen LogP contribution is -2.26. The first-order valence-corrected chi connectivity index (χ1v) is 13.1. The van der Waals surface area contributed by atoms with E-state index in [2.05, 4.69) is 27.1 Å². The number of aliphatic hydroxyl groups is 2. The summed E-state index contributed by atoms with van der Waals surface area (Å²) in [7, 11) is 0. The molecule has 0 saturated heterocycles. The Hall–Kier alpha value is -4.47. The average molecular weight is 563 g/mol. The number of carbonyl (C=O) groups is 1. The van der Waals surface area contributed by atoms with Gasteiger partial charge in [-0.3, -0.25) is 9.48 Å². The predicted molar refractivity (Wildman–Crippen MR) is 146 cm³/mol. The molecule has 12 heteroatoms. The van der Waals surface area contributed by atoms with Crippen molar-refractivity contribution < 1.29 is 28.7 Å². The largest absolute Gasteiger partial charge is 0.491 e. The van der Waals surface area contributed by atoms with Crippen LogP contribution in [0.2, 0.25) is 0 Å². The summed E-state index contributed by atoms with van der Waals surface area (Å²) in [6.07, 6.45) is 3.90. The fourth-order valence-corrected chi connectivity index (χ4v) is 4.75. The molecule has 1 aliphatic rings. The molecule has 41 heavy (non-hydrogen) atoms. The second kappa shape index (κ2) is 10.2. The zero-order chi connectivity index (χ0) is 29.7. The van der Waals surface area contributed by atoms with Crippen molar-refractivity contribution in [2.75, 3.05) is 6.61 Å². The molecule has 0 aliphatic carbocycles. The van der Waals surface area contributed by atoms with Crippen LogP contribution < -0.4 is 10.5 Å². The average Bonchev–Trinajstić information content (AvgIpc) is 3.60. The summed E-state index contributed by atoms with van der Waals surface area (Å²) in [5.41, 5.74) is 4.70. The second-order valence-corrected chi connectivity index (χ2v) is 11.0. The SMILES string of the molecule is CCC1COc2cc(F)c(C#C[C@@](C)(O)c3cc(C)on3)cc2-c2nc(C(N)=O)c(-c3cnn(CC(C)(C)O)c3)n21. The minimum atomic E-state index is -1.70. The summed E-state index contributed by atoms with van der Waals surface area (Å²) in [6.45, 7) is 8.82. The number of nitrogens with two attached hydrogens (primary N) is 1. The number of fused-ring (bicyclic) bond motifs is 3. The van der Waals surface area contributed by atoms with Crippen LogP contribution in [-0.4, -0.2) is 52.8 Å². The molecule has 1 aliphatic heterocycles. The van der Waals surface area contributed by atoms with Crippen LogP contribution in [0.15, 0.2) is 35.1 Å². The molecule has 0 fully saturated rings. The number of rotatable bonds is 6. The normalized spacial score (nSPS) is 16.0. The summed E-state index contributed by atoms with van der Waals surface area (Å²) >= 11 is 0. The summed E-state index contributed by atoms with van der Waals surface area (Å²) in [4.78, 5) is 17.3. The zero-order valence-electron chi connectivity index (χ0n) is 23.4. The van der Waals surface area contributed by atoms with Crippen molar-refractivity contribution in [2.24, 2.45) is 5.73 Å². The molecule has 5 rings (SSSR count). The Bertz CT molecular complexity index is 1700. The second-order valence-electron chi connectivity index (χ2n) is 11.0. The fourth-order valence-electron chi connectivity index (χ4n) is 4.75. The van der Waals surface area contributed by atoms with Crippen molar-refractivity contribution in [2.45, 2.75) is 64.8 Å². The van der Waals surface area contributed by atoms with E-state index >= 15 is 4.39 Å². The van der Waals surface area contributed by atoms with Crippen LogP contribution in [0, 0.1) is 24.6 Å². The van der Waals surface area contributed by atoms with Gasteiger partial charge in [-0.25, -0.2) is 9.37 Å². The molecular formula is C29H31FN6O5. The smallest absolute Gasteiger partial charge is 0.269 e. The highest BCUT2D eigenvalue weighted by atomic mass is 19.1. The van der Waals surface area contributed by atoms with Gasteiger partial charge in [-0.05, 0) is 40.2 Å². The molecule has 0 radical (unpaired) electrons. The van der Waals surface area contributed by atoms with E-state index in [1.54, 1.807) is 43.9 Å². The Labute approximate surface area is 235 Å². The van der Waals surface area contributed by atoms with E-state index < -0.39 is 22.9 Å². The number of primary amides is 1. The third kappa shape index (κ3) is 5.46. The van der Waals surface area contributed by atoms with Crippen molar-refractivity contribution in [3.8, 4) is 40.2 Å². The quantitative estimate of drug-likeness (QED) is 0.303. The monoisotopic (exact) mass is 562 g/mol. The first kappa shape index (κ1) is 28.1. The number of carbonyl (C=O) groups excluding carboxylic acids is 1. The highest BCUT2D eigenvalue weighted by molar-refractivity contribution is 5.98. The Morgan fingerprint density at radius 3 is 2.66 bits per heavy atom. The van der Waals surface area contributed by atoms with Crippen molar-refractivity contribution in [3.63, 3.8) is 0 Å². The zero-order valence-corrected chi connectivity index (χ0v) is 23.4. The third-order valence-corrected chi connectivity index (χ3v) is 6.75. The van der Waals surface area contributed by atoms with Crippen molar-refractivity contribution in [1.29, 1.82) is 0 Å². The van der Waals surface area contributed by atoms with Gasteiger partial charge in [0, 0.05) is 23.9 Å². The minimum absolute atomic E-state index is 0.0162. The Morgan fingerprint density at radius 2 is 2.02 bits per heavy atom. The van der Waals surface area contributed by atoms with E-state index in [1.807, 2.05) is 11.5 Å². The highest BCUT2D eigenvalue weighted by Gasteiger charge is 2.32. The van der Waals surface area contributed by atoms with E-state index in [0.717, 1.165) is 0 Å². The number of hydrogen-bond donors (Lipinski definition) is 3. The van der Waals surface area contributed by atoms with Gasteiger partial charge in [-0.15, -0.1) is 0 Å². The number of hydrogen-bond acceptors (Lipinski definition) is 8. The first-order valence-electron chi connectivity index (χ1n) is 13.1. The van der Waals surface area contributed by atoms with Crippen LogP contribution in [0.25, 0.3) is 22.6 Å². The molecule has 1 unspecified atom stereocenters. The van der Waals surface area contributed by atoms with E-state index in [0.29, 0.717) is 34.8 Å². The van der Waals surface area contributed by atoms with E-state index in [1.165, 1.54) is 19.1 Å². The Kier molecular flexibility index (Phi) is 6.97. The van der Waals surface area contributed by atoms with Crippen LogP contribution in [0.1, 0.15) is 67.7 Å². The number of benzene rings is 1. The van der Waals surface area contributed by atoms with Crippen LogP contribution in [-0.2, 0) is 12.1 Å². The van der Waals surface area contributed by atoms with E-state index in [9.17, 15) is 15.0 Å². The standard InChI is InChI=1S/C29H31FN6O5/c1-6-19-14-40-22-11-21(30)17(7-8-29(5,39)23-9-16(2)41-34-23)10-20(22)27-33-24(26(31)37)25(36(19)27)18-12-32-35(13-18)15-28(3,4)38/h9-13,19,38-39H,6,14-15H2,1-5H3,(H2,31,37)/t19?,29-/m1/s1. The van der Waals surface area contributed by atoms with Gasteiger partial charge in [-0.2, -0.15) is 5.10 Å². The van der Waals surface area contributed by atoms with E-state index in [4.69, 9.17) is 15.0 Å². The summed E-state index contributed by atoms with van der Waals surface area (Å²) in [5.74, 6) is 5.06. The maximum Gasteiger partial charge on any atom is 0.269 e. The summed E-state index contributed by atoms with van der Waals surface area (Å²) in [6, 6.07) is 3.97. The lowest BCUT2D eigenvalue weighted by atomic mass is 10.0. The number of aryl methyl sites for hydroxylation is 1. The highest BCUT2D eigenvalue weighted by Crippen LogP contribution is 2.41. The predicted octanol–water partition coefficient (Wildman–Crippen LogP) is 3.32. The Morgan fingerprint density at radius 1 is 1.27 bits per heavy atom. The molecule has 0 bridgehead atoms. The fraction of sp³-hybridized carbons (Fsp3) is 0.379. The van der Waals surface area contributed by atoms with Gasteiger partial charge in [0.1, 0.15) is 35.5 Å². The number of amides is 1. The van der Waals surface area contributed by atoms with Crippen LogP contribution in [0.4, 0.5) is 4.39 Å². The topological polar surface area (TPSA) is 154 Å². The lowest BCUT2D eigenvalue weighted by molar-refractivity contribution is 0.0577. The molecule has 4 heterocycles. The number of aromatic nitrogens is 5. The molecule has 2 atom stereocenters. The van der Waals surface area contributed by atoms with Crippen LogP contribution in [0.5, 0.6) is 5.75 Å². The molecule has 4 N–H and O–H groups in total. The molecule has 0 spiro atoms. The number of halogens is 1. The molecule has 214 valence electrons. The van der Waals surface area contributed by atoms with Crippen molar-refractivity contribution >= 4 is 5.91 Å². The lowest BCUT2D eigenvalue weighted by Gasteiger charge is -2.19. The van der Waals surface area contributed by atoms with Gasteiger partial charge in [0.2, 0.25) is 0 Å². The molecule has 11 nitrogen and oxygen atoms in total. The maximum absolute atomic E-state index is 15.2. The third-order valence-electron chi connectivity index (χ3n) is 6.75. The first-order chi connectivity index (χ1) is 19.3. The van der Waals surface area contributed by atoms with Gasteiger partial charge in [-0.1, -0.05) is 23.9 Å². The van der Waals surface area contributed by atoms with Crippen LogP contribution >= 0.6 is 0 Å². The van der Waals surface area contributed by atoms with Gasteiger partial charge in [0.15, 0.2) is 11.3 Å². The van der Waals surface area contributed by atoms with Gasteiger partial charge >= 0.3 is 0 Å². The molecular weight excluding hydrogens is 531 g/mol. The van der Waals surface area contributed by atoms with Gasteiger partial charge < -0.3 is 29.8 Å². The molecule has 0 saturated carbocycles. The van der Waals surface area contributed by atoms with Gasteiger partial charge in [0.25, 0.3) is 5.91 Å². The molecule has 1 aromatic carbocycles. The van der Waals surface area contributed by atoms with Crippen molar-refractivity contribution in [1.82, 2.24) is 24.5 Å². The number of ether oxygens (including phenoxy) is 1. The van der Waals surface area contributed by atoms with E-state index in [-0.39, 0.29) is 41.9 Å².